The van der Waals surface area contributed by atoms with Gasteiger partial charge in [0, 0.05) is 29.2 Å². The fourth-order valence-electron chi connectivity index (χ4n) is 2.18. The van der Waals surface area contributed by atoms with Crippen molar-refractivity contribution in [3.8, 4) is 0 Å². The highest BCUT2D eigenvalue weighted by Gasteiger charge is 2.39. The first-order valence-corrected chi connectivity index (χ1v) is 6.82. The van der Waals surface area contributed by atoms with E-state index in [1.807, 2.05) is 25.1 Å². The standard InChI is InChI=1S/C13H17F2NS/c1-9-11(16)3-2-4-12(9)17-8-10-5-6-13(14,15)7-10/h2-4,10H,5-8,16H2,1H3. The molecule has 1 fully saturated rings. The normalized spacial score (nSPS) is 22.9. The molecular formula is C13H17F2NS. The van der Waals surface area contributed by atoms with Crippen LogP contribution in [0.1, 0.15) is 24.8 Å². The Balaban J connectivity index is 1.93. The van der Waals surface area contributed by atoms with Crippen LogP contribution in [0, 0.1) is 12.8 Å². The third kappa shape index (κ3) is 3.12. The Labute approximate surface area is 105 Å². The molecule has 1 nitrogen and oxygen atoms in total. The molecule has 1 aliphatic rings. The second-order valence-corrected chi connectivity index (χ2v) is 5.81. The third-order valence-electron chi connectivity index (χ3n) is 3.31. The van der Waals surface area contributed by atoms with Crippen molar-refractivity contribution in [3.05, 3.63) is 23.8 Å². The summed E-state index contributed by atoms with van der Waals surface area (Å²) in [5.74, 6) is -1.54. The monoisotopic (exact) mass is 257 g/mol. The molecule has 1 saturated carbocycles. The number of halogens is 2. The fraction of sp³-hybridized carbons (Fsp3) is 0.538. The number of rotatable bonds is 3. The molecule has 17 heavy (non-hydrogen) atoms. The summed E-state index contributed by atoms with van der Waals surface area (Å²) in [5.41, 5.74) is 7.64. The molecule has 4 heteroatoms. The van der Waals surface area contributed by atoms with Crippen molar-refractivity contribution >= 4 is 17.4 Å². The molecule has 0 saturated heterocycles. The first-order valence-electron chi connectivity index (χ1n) is 5.84. The van der Waals surface area contributed by atoms with Gasteiger partial charge in [0.2, 0.25) is 5.92 Å². The van der Waals surface area contributed by atoms with Crippen molar-refractivity contribution < 1.29 is 8.78 Å². The lowest BCUT2D eigenvalue weighted by molar-refractivity contribution is 0.00596. The molecule has 0 spiro atoms. The maximum absolute atomic E-state index is 13.0. The van der Waals surface area contributed by atoms with Gasteiger partial charge < -0.3 is 5.73 Å². The lowest BCUT2D eigenvalue weighted by atomic mass is 10.1. The molecule has 2 N–H and O–H groups in total. The fourth-order valence-corrected chi connectivity index (χ4v) is 3.39. The zero-order valence-electron chi connectivity index (χ0n) is 9.88. The highest BCUT2D eigenvalue weighted by Crippen LogP contribution is 2.41. The van der Waals surface area contributed by atoms with E-state index >= 15 is 0 Å². The van der Waals surface area contributed by atoms with E-state index in [0.717, 1.165) is 21.9 Å². The summed E-state index contributed by atoms with van der Waals surface area (Å²) in [5, 5.41) is 0. The van der Waals surface area contributed by atoms with Gasteiger partial charge >= 0.3 is 0 Å². The van der Waals surface area contributed by atoms with Gasteiger partial charge in [0.25, 0.3) is 0 Å². The first-order chi connectivity index (χ1) is 7.98. The second-order valence-electron chi connectivity index (χ2n) is 4.75. The van der Waals surface area contributed by atoms with E-state index in [4.69, 9.17) is 5.73 Å². The van der Waals surface area contributed by atoms with Crippen LogP contribution in [0.5, 0.6) is 0 Å². The van der Waals surface area contributed by atoms with E-state index in [1.54, 1.807) is 11.8 Å². The van der Waals surface area contributed by atoms with Gasteiger partial charge in [-0.25, -0.2) is 8.78 Å². The summed E-state index contributed by atoms with van der Waals surface area (Å²) in [6, 6.07) is 5.78. The van der Waals surface area contributed by atoms with Gasteiger partial charge in [0.15, 0.2) is 0 Å². The Morgan fingerprint density at radius 3 is 2.88 bits per heavy atom. The zero-order chi connectivity index (χ0) is 12.5. The summed E-state index contributed by atoms with van der Waals surface area (Å²) < 4.78 is 26.1. The number of nitrogens with two attached hydrogens (primary N) is 1. The molecule has 1 unspecified atom stereocenters. The first kappa shape index (κ1) is 12.7. The topological polar surface area (TPSA) is 26.0 Å². The quantitative estimate of drug-likeness (QED) is 0.651. The molecular weight excluding hydrogens is 240 g/mol. The molecule has 0 aromatic heterocycles. The van der Waals surface area contributed by atoms with Gasteiger partial charge in [-0.05, 0) is 37.0 Å². The van der Waals surface area contributed by atoms with Crippen molar-refractivity contribution in [1.82, 2.24) is 0 Å². The Hall–Kier alpha value is -0.770. The van der Waals surface area contributed by atoms with Gasteiger partial charge in [-0.3, -0.25) is 0 Å². The highest BCUT2D eigenvalue weighted by atomic mass is 32.2. The van der Waals surface area contributed by atoms with Crippen molar-refractivity contribution in [1.29, 1.82) is 0 Å². The molecule has 1 atom stereocenters. The van der Waals surface area contributed by atoms with Crippen molar-refractivity contribution in [3.63, 3.8) is 0 Å². The lowest BCUT2D eigenvalue weighted by Crippen LogP contribution is -2.10. The van der Waals surface area contributed by atoms with Crippen molar-refractivity contribution in [2.75, 3.05) is 11.5 Å². The van der Waals surface area contributed by atoms with Gasteiger partial charge in [-0.1, -0.05) is 6.07 Å². The summed E-state index contributed by atoms with van der Waals surface area (Å²) in [6.07, 6.45) is 0.733. The molecule has 0 amide bonds. The van der Waals surface area contributed by atoms with E-state index in [1.165, 1.54) is 0 Å². The summed E-state index contributed by atoms with van der Waals surface area (Å²) in [6.45, 7) is 1.97. The van der Waals surface area contributed by atoms with Crippen LogP contribution in [0.15, 0.2) is 23.1 Å². The average Bonchev–Trinajstić information content (AvgIpc) is 2.61. The minimum atomic E-state index is -2.43. The number of benzene rings is 1. The van der Waals surface area contributed by atoms with Crippen LogP contribution < -0.4 is 5.73 Å². The molecule has 0 heterocycles. The number of hydrogen-bond acceptors (Lipinski definition) is 2. The van der Waals surface area contributed by atoms with E-state index in [0.29, 0.717) is 6.42 Å². The number of thioether (sulfide) groups is 1. The Kier molecular flexibility index (Phi) is 3.61. The predicted octanol–water partition coefficient (Wildman–Crippen LogP) is 4.10. The summed E-state index contributed by atoms with van der Waals surface area (Å²) in [4.78, 5) is 1.11. The van der Waals surface area contributed by atoms with Crippen LogP contribution in [0.4, 0.5) is 14.5 Å². The zero-order valence-corrected chi connectivity index (χ0v) is 10.7. The van der Waals surface area contributed by atoms with Crippen LogP contribution in [-0.2, 0) is 0 Å². The molecule has 94 valence electrons. The van der Waals surface area contributed by atoms with E-state index in [9.17, 15) is 8.78 Å². The minimum Gasteiger partial charge on any atom is -0.398 e. The molecule has 1 aromatic carbocycles. The predicted molar refractivity (Wildman–Crippen MR) is 68.6 cm³/mol. The van der Waals surface area contributed by atoms with E-state index in [-0.39, 0.29) is 18.8 Å². The molecule has 0 radical (unpaired) electrons. The lowest BCUT2D eigenvalue weighted by Gasteiger charge is -2.12. The number of alkyl halides is 2. The van der Waals surface area contributed by atoms with Crippen molar-refractivity contribution in [2.45, 2.75) is 37.0 Å². The molecule has 2 rings (SSSR count). The maximum Gasteiger partial charge on any atom is 0.248 e. The number of hydrogen-bond donors (Lipinski definition) is 1. The Morgan fingerprint density at radius 2 is 2.24 bits per heavy atom. The van der Waals surface area contributed by atoms with Gasteiger partial charge in [0.1, 0.15) is 0 Å². The minimum absolute atomic E-state index is 0.0430. The van der Waals surface area contributed by atoms with Gasteiger partial charge in [-0.15, -0.1) is 11.8 Å². The Morgan fingerprint density at radius 1 is 1.47 bits per heavy atom. The number of nitrogen functional groups attached to an aromatic ring is 1. The summed E-state index contributed by atoms with van der Waals surface area (Å²) >= 11 is 1.65. The highest BCUT2D eigenvalue weighted by molar-refractivity contribution is 7.99. The van der Waals surface area contributed by atoms with Crippen LogP contribution in [0.25, 0.3) is 0 Å². The third-order valence-corrected chi connectivity index (χ3v) is 4.70. The van der Waals surface area contributed by atoms with Crippen molar-refractivity contribution in [2.24, 2.45) is 5.92 Å². The van der Waals surface area contributed by atoms with Gasteiger partial charge in [0.05, 0.1) is 0 Å². The second kappa shape index (κ2) is 4.84. The molecule has 1 aromatic rings. The number of anilines is 1. The average molecular weight is 257 g/mol. The summed E-state index contributed by atoms with van der Waals surface area (Å²) in [7, 11) is 0. The van der Waals surface area contributed by atoms with E-state index in [2.05, 4.69) is 0 Å². The van der Waals surface area contributed by atoms with Gasteiger partial charge in [-0.2, -0.15) is 0 Å². The molecule has 0 bridgehead atoms. The molecule has 1 aliphatic carbocycles. The van der Waals surface area contributed by atoms with Crippen LogP contribution >= 0.6 is 11.8 Å². The van der Waals surface area contributed by atoms with Crippen LogP contribution in [0.2, 0.25) is 0 Å². The van der Waals surface area contributed by atoms with Crippen LogP contribution in [0.3, 0.4) is 0 Å². The van der Waals surface area contributed by atoms with E-state index < -0.39 is 5.92 Å². The van der Waals surface area contributed by atoms with Crippen LogP contribution in [-0.4, -0.2) is 11.7 Å². The molecule has 0 aliphatic heterocycles. The SMILES string of the molecule is Cc1c(N)cccc1SCC1CCC(F)(F)C1. The largest absolute Gasteiger partial charge is 0.398 e. The maximum atomic E-state index is 13.0. The Bertz CT molecular complexity index is 406. The smallest absolute Gasteiger partial charge is 0.248 e.